The summed E-state index contributed by atoms with van der Waals surface area (Å²) in [4.78, 5) is 11.5. The van der Waals surface area contributed by atoms with Gasteiger partial charge >= 0.3 is 5.97 Å². The van der Waals surface area contributed by atoms with Gasteiger partial charge in [-0.3, -0.25) is 0 Å². The van der Waals surface area contributed by atoms with E-state index < -0.39 is 0 Å². The highest BCUT2D eigenvalue weighted by Crippen LogP contribution is 2.25. The summed E-state index contributed by atoms with van der Waals surface area (Å²) in [5.74, 6) is -0.313. The van der Waals surface area contributed by atoms with E-state index in [4.69, 9.17) is 4.74 Å². The predicted molar refractivity (Wildman–Crippen MR) is 98.0 cm³/mol. The lowest BCUT2D eigenvalue weighted by Gasteiger charge is -2.07. The van der Waals surface area contributed by atoms with Crippen molar-refractivity contribution in [1.82, 2.24) is 0 Å². The van der Waals surface area contributed by atoms with E-state index in [9.17, 15) is 4.79 Å². The van der Waals surface area contributed by atoms with Gasteiger partial charge < -0.3 is 4.74 Å². The van der Waals surface area contributed by atoms with Crippen LogP contribution in [0.1, 0.15) is 22.8 Å². The summed E-state index contributed by atoms with van der Waals surface area (Å²) in [6, 6.07) is 24.6. The third-order valence-corrected chi connectivity index (χ3v) is 4.22. The largest absolute Gasteiger partial charge is 0.465 e. The molecule has 0 saturated heterocycles. The maximum absolute atomic E-state index is 11.5. The molecule has 0 aliphatic heterocycles. The molecule has 0 bridgehead atoms. The molecule has 0 aromatic heterocycles. The van der Waals surface area contributed by atoms with Crippen molar-refractivity contribution >= 4 is 5.97 Å². The second-order valence-electron chi connectivity index (χ2n) is 5.70. The molecule has 0 unspecified atom stereocenters. The highest BCUT2D eigenvalue weighted by Gasteiger charge is 2.05. The van der Waals surface area contributed by atoms with E-state index in [0.29, 0.717) is 5.56 Å². The summed E-state index contributed by atoms with van der Waals surface area (Å²) in [6.45, 7) is 2.16. The van der Waals surface area contributed by atoms with Crippen LogP contribution in [0.5, 0.6) is 0 Å². The van der Waals surface area contributed by atoms with E-state index in [1.54, 1.807) is 12.1 Å². The fraction of sp³-hybridized carbons (Fsp3) is 0.136. The quantitative estimate of drug-likeness (QED) is 0.605. The molecule has 0 heterocycles. The summed E-state index contributed by atoms with van der Waals surface area (Å²) in [5, 5.41) is 0. The van der Waals surface area contributed by atoms with Crippen molar-refractivity contribution in [3.8, 4) is 22.3 Å². The molecule has 2 heteroatoms. The highest BCUT2D eigenvalue weighted by molar-refractivity contribution is 5.90. The SMILES string of the molecule is CCc1ccc(-c2ccc(-c3ccc(C(=O)OC)cc3)cc2)cc1. The molecule has 0 radical (unpaired) electrons. The maximum atomic E-state index is 11.5. The van der Waals surface area contributed by atoms with Crippen LogP contribution in [-0.4, -0.2) is 13.1 Å². The standard InChI is InChI=1S/C22H20O2/c1-3-16-4-6-17(7-5-16)18-8-10-19(11-9-18)20-12-14-21(15-13-20)22(23)24-2/h4-15H,3H2,1-2H3. The Bertz CT molecular complexity index is 813. The van der Waals surface area contributed by atoms with Gasteiger partial charge in [-0.15, -0.1) is 0 Å². The first-order valence-electron chi connectivity index (χ1n) is 8.09. The van der Waals surface area contributed by atoms with Gasteiger partial charge in [-0.2, -0.15) is 0 Å². The van der Waals surface area contributed by atoms with Crippen LogP contribution in [0.2, 0.25) is 0 Å². The van der Waals surface area contributed by atoms with Gasteiger partial charge in [-0.25, -0.2) is 4.79 Å². The molecule has 3 aromatic carbocycles. The van der Waals surface area contributed by atoms with Crippen LogP contribution in [0.15, 0.2) is 72.8 Å². The molecule has 3 aromatic rings. The first-order chi connectivity index (χ1) is 11.7. The number of carbonyl (C=O) groups is 1. The zero-order valence-corrected chi connectivity index (χ0v) is 14.0. The number of methoxy groups -OCH3 is 1. The number of esters is 1. The number of rotatable bonds is 4. The Balaban J connectivity index is 1.82. The first-order valence-corrected chi connectivity index (χ1v) is 8.09. The summed E-state index contributed by atoms with van der Waals surface area (Å²) >= 11 is 0. The minimum absolute atomic E-state index is 0.313. The summed E-state index contributed by atoms with van der Waals surface area (Å²) in [6.07, 6.45) is 1.06. The summed E-state index contributed by atoms with van der Waals surface area (Å²) in [5.41, 5.74) is 6.54. The van der Waals surface area contributed by atoms with Crippen LogP contribution in [0, 0.1) is 0 Å². The number of ether oxygens (including phenoxy) is 1. The molecule has 0 aliphatic carbocycles. The minimum Gasteiger partial charge on any atom is -0.465 e. The zero-order valence-electron chi connectivity index (χ0n) is 14.0. The van der Waals surface area contributed by atoms with Crippen LogP contribution < -0.4 is 0 Å². The van der Waals surface area contributed by atoms with Gasteiger partial charge in [0.2, 0.25) is 0 Å². The highest BCUT2D eigenvalue weighted by atomic mass is 16.5. The smallest absolute Gasteiger partial charge is 0.337 e. The molecule has 0 atom stereocenters. The van der Waals surface area contributed by atoms with Crippen molar-refractivity contribution in [1.29, 1.82) is 0 Å². The molecular weight excluding hydrogens is 296 g/mol. The van der Waals surface area contributed by atoms with Gasteiger partial charge in [-0.05, 0) is 46.4 Å². The second-order valence-corrected chi connectivity index (χ2v) is 5.70. The lowest BCUT2D eigenvalue weighted by Crippen LogP contribution is -2.00. The molecule has 24 heavy (non-hydrogen) atoms. The topological polar surface area (TPSA) is 26.3 Å². The third kappa shape index (κ3) is 3.38. The molecule has 2 nitrogen and oxygen atoms in total. The molecule has 0 spiro atoms. The normalized spacial score (nSPS) is 10.4. The Morgan fingerprint density at radius 1 is 0.708 bits per heavy atom. The van der Waals surface area contributed by atoms with Gasteiger partial charge in [0.05, 0.1) is 12.7 Å². The van der Waals surface area contributed by atoms with Crippen molar-refractivity contribution < 1.29 is 9.53 Å². The molecule has 0 saturated carbocycles. The van der Waals surface area contributed by atoms with E-state index in [-0.39, 0.29) is 5.97 Å². The monoisotopic (exact) mass is 316 g/mol. The van der Waals surface area contributed by atoms with Gasteiger partial charge in [0.15, 0.2) is 0 Å². The molecule has 0 fully saturated rings. The number of aryl methyl sites for hydroxylation is 1. The first kappa shape index (κ1) is 16.0. The van der Waals surface area contributed by atoms with E-state index in [1.807, 2.05) is 12.1 Å². The Morgan fingerprint density at radius 2 is 1.08 bits per heavy atom. The summed E-state index contributed by atoms with van der Waals surface area (Å²) < 4.78 is 4.72. The van der Waals surface area contributed by atoms with Crippen LogP contribution >= 0.6 is 0 Å². The Labute approximate surface area is 142 Å². The Hall–Kier alpha value is -2.87. The van der Waals surface area contributed by atoms with E-state index >= 15 is 0 Å². The fourth-order valence-corrected chi connectivity index (χ4v) is 2.70. The molecular formula is C22H20O2. The molecule has 0 aliphatic rings. The predicted octanol–water partition coefficient (Wildman–Crippen LogP) is 5.37. The van der Waals surface area contributed by atoms with Crippen LogP contribution in [0.4, 0.5) is 0 Å². The van der Waals surface area contributed by atoms with Crippen molar-refractivity contribution in [2.75, 3.05) is 7.11 Å². The molecule has 120 valence electrons. The van der Waals surface area contributed by atoms with Gasteiger partial charge in [0, 0.05) is 0 Å². The zero-order chi connectivity index (χ0) is 16.9. The van der Waals surface area contributed by atoms with Crippen molar-refractivity contribution in [2.24, 2.45) is 0 Å². The Morgan fingerprint density at radius 3 is 1.46 bits per heavy atom. The van der Waals surface area contributed by atoms with Gasteiger partial charge in [0.25, 0.3) is 0 Å². The van der Waals surface area contributed by atoms with Crippen molar-refractivity contribution in [3.05, 3.63) is 83.9 Å². The molecule has 3 rings (SSSR count). The van der Waals surface area contributed by atoms with Crippen LogP contribution in [-0.2, 0) is 11.2 Å². The van der Waals surface area contributed by atoms with Crippen molar-refractivity contribution in [3.63, 3.8) is 0 Å². The van der Waals surface area contributed by atoms with Gasteiger partial charge in [-0.1, -0.05) is 67.6 Å². The molecule has 0 amide bonds. The fourth-order valence-electron chi connectivity index (χ4n) is 2.70. The average Bonchev–Trinajstić information content (AvgIpc) is 2.68. The maximum Gasteiger partial charge on any atom is 0.337 e. The van der Waals surface area contributed by atoms with Crippen LogP contribution in [0.3, 0.4) is 0 Å². The number of hydrogen-bond donors (Lipinski definition) is 0. The number of benzene rings is 3. The number of carbonyl (C=O) groups excluding carboxylic acids is 1. The van der Waals surface area contributed by atoms with Crippen LogP contribution in [0.25, 0.3) is 22.3 Å². The van der Waals surface area contributed by atoms with E-state index in [1.165, 1.54) is 23.8 Å². The van der Waals surface area contributed by atoms with Crippen molar-refractivity contribution in [2.45, 2.75) is 13.3 Å². The second kappa shape index (κ2) is 7.14. The van der Waals surface area contributed by atoms with E-state index in [0.717, 1.165) is 17.5 Å². The summed E-state index contributed by atoms with van der Waals surface area (Å²) in [7, 11) is 1.39. The number of hydrogen-bond acceptors (Lipinski definition) is 2. The van der Waals surface area contributed by atoms with Gasteiger partial charge in [0.1, 0.15) is 0 Å². The lowest BCUT2D eigenvalue weighted by atomic mass is 9.99. The Kier molecular flexibility index (Phi) is 4.76. The third-order valence-electron chi connectivity index (χ3n) is 4.22. The lowest BCUT2D eigenvalue weighted by molar-refractivity contribution is 0.0601. The minimum atomic E-state index is -0.313. The average molecular weight is 316 g/mol. The van der Waals surface area contributed by atoms with E-state index in [2.05, 4.69) is 55.5 Å². The molecule has 0 N–H and O–H groups in total.